The third-order valence-electron chi connectivity index (χ3n) is 10.5. The molecule has 0 radical (unpaired) electrons. The van der Waals surface area contributed by atoms with Gasteiger partial charge in [-0.15, -0.1) is 29.3 Å². The van der Waals surface area contributed by atoms with E-state index in [0.717, 1.165) is 88.5 Å². The van der Waals surface area contributed by atoms with E-state index in [-0.39, 0.29) is 37.6 Å². The van der Waals surface area contributed by atoms with Gasteiger partial charge in [0.15, 0.2) is 0 Å². The molecule has 9 rings (SSSR count). The largest absolute Gasteiger partial charge is 0.507 e. The van der Waals surface area contributed by atoms with Crippen LogP contribution in [0.3, 0.4) is 0 Å². The predicted octanol–water partition coefficient (Wildman–Crippen LogP) is 12.9. The number of aromatic nitrogens is 3. The number of benzene rings is 6. The number of hydrogen-bond acceptors (Lipinski definition) is 4. The number of para-hydroxylation sites is 2. The van der Waals surface area contributed by atoms with Gasteiger partial charge in [-0.25, -0.2) is 4.98 Å². The number of aromatic hydroxyl groups is 1. The van der Waals surface area contributed by atoms with Gasteiger partial charge in [-0.2, -0.15) is 0 Å². The zero-order valence-electron chi connectivity index (χ0n) is 32.1. The summed E-state index contributed by atoms with van der Waals surface area (Å²) >= 11 is 0. The van der Waals surface area contributed by atoms with E-state index in [1.165, 1.54) is 0 Å². The van der Waals surface area contributed by atoms with E-state index >= 15 is 0 Å². The van der Waals surface area contributed by atoms with Crippen LogP contribution in [0.1, 0.15) is 58.2 Å². The van der Waals surface area contributed by atoms with Crippen molar-refractivity contribution in [3.8, 4) is 45.2 Å². The van der Waals surface area contributed by atoms with Gasteiger partial charge in [0.25, 0.3) is 0 Å². The van der Waals surface area contributed by atoms with Crippen LogP contribution < -0.4 is 0 Å². The fourth-order valence-corrected chi connectivity index (χ4v) is 7.74. The fourth-order valence-electron chi connectivity index (χ4n) is 7.74. The van der Waals surface area contributed by atoms with Crippen molar-refractivity contribution in [2.75, 3.05) is 0 Å². The van der Waals surface area contributed by atoms with E-state index in [0.29, 0.717) is 11.4 Å². The number of nitrogens with zero attached hydrogens (tertiary/aromatic N) is 3. The molecular weight excluding hydrogens is 858 g/mol. The van der Waals surface area contributed by atoms with Crippen molar-refractivity contribution in [2.45, 2.75) is 59.3 Å². The number of furan rings is 1. The maximum absolute atomic E-state index is 12.1. The molecule has 0 fully saturated rings. The molecule has 276 valence electrons. The molecule has 0 amide bonds. The maximum atomic E-state index is 12.1. The SMILES string of the molecule is Cc1cc(-c2cccc3c2nc(-c2cc(C(C)(C)C)cc(C(C)(C)C)c2O)n3-c2ccccc2)[c-]c(-c2nccc3oc4cc5ccccc5cc4c23)c1.[Pt]. The quantitative estimate of drug-likeness (QED) is 0.179. The number of phenols is 1. The molecule has 0 atom stereocenters. The van der Waals surface area contributed by atoms with Gasteiger partial charge in [-0.05, 0) is 69.6 Å². The summed E-state index contributed by atoms with van der Waals surface area (Å²) in [5.74, 6) is 0.947. The molecule has 0 aliphatic rings. The number of pyridine rings is 1. The van der Waals surface area contributed by atoms with Gasteiger partial charge >= 0.3 is 0 Å². The zero-order valence-corrected chi connectivity index (χ0v) is 34.3. The van der Waals surface area contributed by atoms with Crippen LogP contribution in [0.4, 0.5) is 0 Å². The summed E-state index contributed by atoms with van der Waals surface area (Å²) in [6.45, 7) is 15.2. The van der Waals surface area contributed by atoms with Crippen molar-refractivity contribution < 1.29 is 30.6 Å². The van der Waals surface area contributed by atoms with Crippen molar-refractivity contribution in [3.63, 3.8) is 0 Å². The molecule has 3 aromatic heterocycles. The van der Waals surface area contributed by atoms with E-state index in [2.05, 4.69) is 144 Å². The first-order valence-corrected chi connectivity index (χ1v) is 18.5. The summed E-state index contributed by atoms with van der Waals surface area (Å²) in [6, 6.07) is 43.5. The maximum Gasteiger partial charge on any atom is 0.148 e. The molecule has 5 nitrogen and oxygen atoms in total. The third kappa shape index (κ3) is 6.25. The van der Waals surface area contributed by atoms with E-state index in [4.69, 9.17) is 14.4 Å². The Bertz CT molecular complexity index is 2930. The Kier molecular flexibility index (Phi) is 8.85. The Morgan fingerprint density at radius 3 is 2.13 bits per heavy atom. The van der Waals surface area contributed by atoms with Crippen LogP contribution in [0.5, 0.6) is 5.75 Å². The third-order valence-corrected chi connectivity index (χ3v) is 10.5. The molecule has 0 unspecified atom stereocenters. The Labute approximate surface area is 336 Å². The van der Waals surface area contributed by atoms with Crippen molar-refractivity contribution >= 4 is 43.7 Å². The van der Waals surface area contributed by atoms with E-state index in [9.17, 15) is 5.11 Å². The molecule has 0 saturated heterocycles. The minimum atomic E-state index is -0.286. The summed E-state index contributed by atoms with van der Waals surface area (Å²) in [6.07, 6.45) is 1.81. The second kappa shape index (κ2) is 13.4. The first-order valence-electron chi connectivity index (χ1n) is 18.5. The van der Waals surface area contributed by atoms with E-state index in [1.54, 1.807) is 0 Å². The minimum absolute atomic E-state index is 0. The van der Waals surface area contributed by atoms with Crippen LogP contribution in [0.2, 0.25) is 0 Å². The first kappa shape index (κ1) is 36.5. The molecule has 0 aliphatic carbocycles. The number of rotatable bonds is 4. The smallest absolute Gasteiger partial charge is 0.148 e. The summed E-state index contributed by atoms with van der Waals surface area (Å²) in [5.41, 5.74) is 11.3. The van der Waals surface area contributed by atoms with Crippen LogP contribution >= 0.6 is 0 Å². The van der Waals surface area contributed by atoms with Crippen LogP contribution in [-0.2, 0) is 31.9 Å². The molecule has 9 aromatic rings. The normalized spacial score (nSPS) is 12.2. The van der Waals surface area contributed by atoms with Gasteiger partial charge in [-0.3, -0.25) is 9.55 Å². The Morgan fingerprint density at radius 1 is 0.691 bits per heavy atom. The predicted molar refractivity (Wildman–Crippen MR) is 223 cm³/mol. The second-order valence-electron chi connectivity index (χ2n) is 16.5. The molecule has 0 bridgehead atoms. The van der Waals surface area contributed by atoms with Gasteiger partial charge in [0.2, 0.25) is 0 Å². The fraction of sp³-hybridized carbons (Fsp3) is 0.184. The topological polar surface area (TPSA) is 64.1 Å². The first-order chi connectivity index (χ1) is 25.8. The average molecular weight is 900 g/mol. The van der Waals surface area contributed by atoms with Gasteiger partial charge in [0.1, 0.15) is 22.7 Å². The molecule has 0 saturated carbocycles. The molecular formula is C49H42N3O2Pt-. The Balaban J connectivity index is 0.00000427. The van der Waals surface area contributed by atoms with Crippen LogP contribution in [0, 0.1) is 13.0 Å². The van der Waals surface area contributed by atoms with Gasteiger partial charge in [0, 0.05) is 55.0 Å². The minimum Gasteiger partial charge on any atom is -0.507 e. The summed E-state index contributed by atoms with van der Waals surface area (Å²) < 4.78 is 8.58. The van der Waals surface area contributed by atoms with E-state index in [1.807, 2.05) is 36.5 Å². The number of imidazole rings is 1. The van der Waals surface area contributed by atoms with Gasteiger partial charge < -0.3 is 9.52 Å². The second-order valence-corrected chi connectivity index (χ2v) is 16.5. The molecule has 6 heteroatoms. The van der Waals surface area contributed by atoms with Crippen LogP contribution in [-0.4, -0.2) is 19.6 Å². The summed E-state index contributed by atoms with van der Waals surface area (Å²) in [7, 11) is 0. The zero-order chi connectivity index (χ0) is 37.5. The number of phenolic OH excluding ortho intramolecular Hbond substituents is 1. The van der Waals surface area contributed by atoms with Crippen molar-refractivity contribution in [2.24, 2.45) is 0 Å². The number of aryl methyl sites for hydroxylation is 1. The molecule has 55 heavy (non-hydrogen) atoms. The van der Waals surface area contributed by atoms with Crippen LogP contribution in [0.25, 0.3) is 83.2 Å². The van der Waals surface area contributed by atoms with Gasteiger partial charge in [-0.1, -0.05) is 120 Å². The van der Waals surface area contributed by atoms with Crippen molar-refractivity contribution in [3.05, 3.63) is 144 Å². The monoisotopic (exact) mass is 899 g/mol. The summed E-state index contributed by atoms with van der Waals surface area (Å²) in [5, 5.41) is 16.4. The van der Waals surface area contributed by atoms with Crippen molar-refractivity contribution in [1.82, 2.24) is 14.5 Å². The molecule has 3 heterocycles. The number of hydrogen-bond donors (Lipinski definition) is 1. The van der Waals surface area contributed by atoms with Crippen LogP contribution in [0.15, 0.2) is 126 Å². The molecule has 6 aromatic carbocycles. The average Bonchev–Trinajstić information content (AvgIpc) is 3.71. The molecule has 0 aliphatic heterocycles. The number of fused-ring (bicyclic) bond motifs is 5. The summed E-state index contributed by atoms with van der Waals surface area (Å²) in [4.78, 5) is 10.4. The van der Waals surface area contributed by atoms with Gasteiger partial charge in [0.05, 0.1) is 16.6 Å². The molecule has 1 N–H and O–H groups in total. The van der Waals surface area contributed by atoms with E-state index < -0.39 is 0 Å². The standard InChI is InChI=1S/C49H42N3O2.Pt/c1-29-22-32(24-33(23-29)44-43-37-25-30-14-11-12-15-31(30)26-42(37)54-41(43)20-21-50-44)36-18-13-19-40-45(36)51-47(52(40)35-16-9-8-10-17-35)38-27-34(48(2,3)4)28-39(46(38)53)49(5,6)7;/h8-23,25-28,53H,1-7H3;/q-1;. The Hall–Kier alpha value is -5.51. The Morgan fingerprint density at radius 2 is 1.40 bits per heavy atom. The van der Waals surface area contributed by atoms with Crippen molar-refractivity contribution in [1.29, 1.82) is 0 Å². The molecule has 0 spiro atoms.